The van der Waals surface area contributed by atoms with Gasteiger partial charge in [-0.25, -0.2) is 0 Å². The summed E-state index contributed by atoms with van der Waals surface area (Å²) in [7, 11) is 0. The molecular weight excluding hydrogens is 232 g/mol. The highest BCUT2D eigenvalue weighted by Gasteiger charge is 2.43. The number of carbonyl (C=O) groups is 1. The smallest absolute Gasteiger partial charge is 0.193 e. The topological polar surface area (TPSA) is 17.1 Å². The zero-order valence-corrected chi connectivity index (χ0v) is 11.3. The number of hydrogen-bond donors (Lipinski definition) is 0. The molecule has 0 N–H and O–H groups in total. The fourth-order valence-electron chi connectivity index (χ4n) is 2.88. The first-order chi connectivity index (χ1) is 9.18. The second-order valence-electron chi connectivity index (χ2n) is 5.56. The molecular formula is C18H18O. The van der Waals surface area contributed by atoms with E-state index in [-0.39, 0.29) is 5.78 Å². The summed E-state index contributed by atoms with van der Waals surface area (Å²) in [5.74, 6) is 2.33. The summed E-state index contributed by atoms with van der Waals surface area (Å²) in [5, 5.41) is 0. The Balaban J connectivity index is 1.82. The van der Waals surface area contributed by atoms with Crippen LogP contribution in [0.5, 0.6) is 0 Å². The van der Waals surface area contributed by atoms with Gasteiger partial charge < -0.3 is 0 Å². The SMILES string of the molecule is C[C@@H]1C(c2ccc(C(=O)c3ccccc3)cc2)[C@@H]1C. The Hall–Kier alpha value is -1.89. The number of rotatable bonds is 3. The Morgan fingerprint density at radius 2 is 1.32 bits per heavy atom. The molecule has 1 fully saturated rings. The number of carbonyl (C=O) groups excluding carboxylic acids is 1. The standard InChI is InChI=1S/C18H18O/c1-12-13(2)17(12)14-8-10-16(11-9-14)18(19)15-6-4-3-5-7-15/h3-13,17H,1-2H3/t12-,13+,17?. The highest BCUT2D eigenvalue weighted by Crippen LogP contribution is 2.53. The third-order valence-electron chi connectivity index (χ3n) is 4.42. The lowest BCUT2D eigenvalue weighted by Crippen LogP contribution is -2.00. The molecule has 0 spiro atoms. The maximum Gasteiger partial charge on any atom is 0.193 e. The number of hydrogen-bond acceptors (Lipinski definition) is 1. The van der Waals surface area contributed by atoms with Crippen LogP contribution in [-0.2, 0) is 0 Å². The van der Waals surface area contributed by atoms with Gasteiger partial charge in [0.2, 0.25) is 0 Å². The Morgan fingerprint density at radius 3 is 1.84 bits per heavy atom. The molecule has 0 heterocycles. The van der Waals surface area contributed by atoms with E-state index in [1.165, 1.54) is 5.56 Å². The third-order valence-corrected chi connectivity index (χ3v) is 4.42. The van der Waals surface area contributed by atoms with E-state index < -0.39 is 0 Å². The van der Waals surface area contributed by atoms with Crippen LogP contribution in [0.25, 0.3) is 0 Å². The molecule has 3 rings (SSSR count). The van der Waals surface area contributed by atoms with Gasteiger partial charge in [0.25, 0.3) is 0 Å². The van der Waals surface area contributed by atoms with Gasteiger partial charge in [-0.3, -0.25) is 4.79 Å². The predicted octanol–water partition coefficient (Wildman–Crippen LogP) is 4.29. The molecule has 19 heavy (non-hydrogen) atoms. The van der Waals surface area contributed by atoms with Gasteiger partial charge in [-0.2, -0.15) is 0 Å². The fraction of sp³-hybridized carbons (Fsp3) is 0.278. The van der Waals surface area contributed by atoms with Gasteiger partial charge in [-0.1, -0.05) is 68.4 Å². The molecule has 1 aliphatic carbocycles. The van der Waals surface area contributed by atoms with E-state index in [1.807, 2.05) is 42.5 Å². The quantitative estimate of drug-likeness (QED) is 0.743. The van der Waals surface area contributed by atoms with Crippen molar-refractivity contribution < 1.29 is 4.79 Å². The van der Waals surface area contributed by atoms with Gasteiger partial charge in [0.15, 0.2) is 5.78 Å². The number of benzene rings is 2. The van der Waals surface area contributed by atoms with Crippen LogP contribution in [0, 0.1) is 11.8 Å². The molecule has 1 saturated carbocycles. The van der Waals surface area contributed by atoms with Crippen LogP contribution >= 0.6 is 0 Å². The van der Waals surface area contributed by atoms with Crippen LogP contribution in [0.4, 0.5) is 0 Å². The maximum absolute atomic E-state index is 12.3. The van der Waals surface area contributed by atoms with E-state index in [4.69, 9.17) is 0 Å². The highest BCUT2D eigenvalue weighted by molar-refractivity contribution is 6.08. The Bertz CT molecular complexity index is 575. The summed E-state index contributed by atoms with van der Waals surface area (Å²) >= 11 is 0. The highest BCUT2D eigenvalue weighted by atomic mass is 16.1. The number of ketones is 1. The van der Waals surface area contributed by atoms with Crippen LogP contribution in [0.15, 0.2) is 54.6 Å². The van der Waals surface area contributed by atoms with Crippen LogP contribution in [0.1, 0.15) is 41.3 Å². The first kappa shape index (κ1) is 12.2. The summed E-state index contributed by atoms with van der Waals surface area (Å²) in [6, 6.07) is 17.6. The third kappa shape index (κ3) is 2.21. The van der Waals surface area contributed by atoms with Crippen LogP contribution in [-0.4, -0.2) is 5.78 Å². The summed E-state index contributed by atoms with van der Waals surface area (Å²) < 4.78 is 0. The molecule has 0 bridgehead atoms. The van der Waals surface area contributed by atoms with Gasteiger partial charge in [0, 0.05) is 11.1 Å². The Labute approximate surface area is 114 Å². The molecule has 1 heteroatoms. The normalized spacial score (nSPS) is 25.1. The van der Waals surface area contributed by atoms with Crippen molar-refractivity contribution in [3.63, 3.8) is 0 Å². The minimum Gasteiger partial charge on any atom is -0.289 e. The summed E-state index contributed by atoms with van der Waals surface area (Å²) in [4.78, 5) is 12.3. The molecule has 0 aliphatic heterocycles. The predicted molar refractivity (Wildman–Crippen MR) is 77.4 cm³/mol. The zero-order chi connectivity index (χ0) is 13.4. The van der Waals surface area contributed by atoms with Crippen LogP contribution < -0.4 is 0 Å². The summed E-state index contributed by atoms with van der Waals surface area (Å²) in [6.45, 7) is 4.58. The maximum atomic E-state index is 12.3. The molecule has 0 amide bonds. The van der Waals surface area contributed by atoms with Gasteiger partial charge in [0.1, 0.15) is 0 Å². The molecule has 1 unspecified atom stereocenters. The van der Waals surface area contributed by atoms with E-state index in [2.05, 4.69) is 26.0 Å². The lowest BCUT2D eigenvalue weighted by molar-refractivity contribution is 0.103. The Kier molecular flexibility index (Phi) is 2.98. The van der Waals surface area contributed by atoms with Crippen molar-refractivity contribution in [2.75, 3.05) is 0 Å². The largest absolute Gasteiger partial charge is 0.289 e. The van der Waals surface area contributed by atoms with Crippen LogP contribution in [0.2, 0.25) is 0 Å². The average molecular weight is 250 g/mol. The zero-order valence-electron chi connectivity index (χ0n) is 11.3. The van der Waals surface area contributed by atoms with Crippen molar-refractivity contribution in [3.8, 4) is 0 Å². The van der Waals surface area contributed by atoms with Crippen molar-refractivity contribution in [2.24, 2.45) is 11.8 Å². The molecule has 3 atom stereocenters. The Morgan fingerprint density at radius 1 is 0.789 bits per heavy atom. The summed E-state index contributed by atoms with van der Waals surface area (Å²) in [5.41, 5.74) is 2.89. The summed E-state index contributed by atoms with van der Waals surface area (Å²) in [6.07, 6.45) is 0. The van der Waals surface area contributed by atoms with Gasteiger partial charge >= 0.3 is 0 Å². The van der Waals surface area contributed by atoms with Crippen molar-refractivity contribution in [2.45, 2.75) is 19.8 Å². The first-order valence-corrected chi connectivity index (χ1v) is 6.88. The van der Waals surface area contributed by atoms with E-state index >= 15 is 0 Å². The lowest BCUT2D eigenvalue weighted by atomic mass is 10.0. The van der Waals surface area contributed by atoms with E-state index in [9.17, 15) is 4.79 Å². The monoisotopic (exact) mass is 250 g/mol. The minimum atomic E-state index is 0.101. The first-order valence-electron chi connectivity index (χ1n) is 6.88. The van der Waals surface area contributed by atoms with Crippen molar-refractivity contribution in [1.29, 1.82) is 0 Å². The van der Waals surface area contributed by atoms with E-state index in [1.54, 1.807) is 0 Å². The van der Waals surface area contributed by atoms with Crippen molar-refractivity contribution in [1.82, 2.24) is 0 Å². The molecule has 0 radical (unpaired) electrons. The van der Waals surface area contributed by atoms with Gasteiger partial charge in [-0.05, 0) is 23.3 Å². The van der Waals surface area contributed by atoms with Gasteiger partial charge in [-0.15, -0.1) is 0 Å². The van der Waals surface area contributed by atoms with E-state index in [0.717, 1.165) is 23.0 Å². The molecule has 1 aliphatic rings. The lowest BCUT2D eigenvalue weighted by Gasteiger charge is -2.03. The van der Waals surface area contributed by atoms with Crippen LogP contribution in [0.3, 0.4) is 0 Å². The second kappa shape index (κ2) is 4.65. The van der Waals surface area contributed by atoms with E-state index in [0.29, 0.717) is 5.92 Å². The molecule has 0 saturated heterocycles. The molecule has 96 valence electrons. The average Bonchev–Trinajstić information content (AvgIpc) is 3.06. The van der Waals surface area contributed by atoms with Crippen molar-refractivity contribution >= 4 is 5.78 Å². The second-order valence-corrected chi connectivity index (χ2v) is 5.56. The minimum absolute atomic E-state index is 0.101. The van der Waals surface area contributed by atoms with Gasteiger partial charge in [0.05, 0.1) is 0 Å². The molecule has 0 aromatic heterocycles. The molecule has 1 nitrogen and oxygen atoms in total. The molecule has 2 aromatic carbocycles. The fourth-order valence-corrected chi connectivity index (χ4v) is 2.88. The van der Waals surface area contributed by atoms with Crippen molar-refractivity contribution in [3.05, 3.63) is 71.3 Å². The molecule has 2 aromatic rings.